The minimum absolute atomic E-state index is 0.194. The number of hydrogen-bond donors (Lipinski definition) is 1. The van der Waals surface area contributed by atoms with Crippen LogP contribution in [0.3, 0.4) is 0 Å². The molecule has 19 heavy (non-hydrogen) atoms. The Kier molecular flexibility index (Phi) is 4.14. The van der Waals surface area contributed by atoms with Crippen LogP contribution in [0.5, 0.6) is 11.5 Å². The molecule has 0 radical (unpaired) electrons. The second-order valence-electron chi connectivity index (χ2n) is 4.52. The van der Waals surface area contributed by atoms with Gasteiger partial charge in [0.15, 0.2) is 17.5 Å². The highest BCUT2D eigenvalue weighted by molar-refractivity contribution is 5.80. The molecule has 0 bridgehead atoms. The molecule has 2 N–H and O–H groups in total. The molecule has 1 aliphatic rings. The molecule has 1 heterocycles. The van der Waals surface area contributed by atoms with E-state index in [1.807, 2.05) is 18.2 Å². The lowest BCUT2D eigenvalue weighted by Crippen LogP contribution is -2.36. The molecule has 1 aromatic carbocycles. The standard InChI is InChI=1S/C14H21N3O2/c1-4-7-17-11(9-16-14(17)15)10-5-6-12(18-2)13(8-10)19-3/h5-6,8,11H,4,7,9H2,1-3H3,(H2,15,16). The fraction of sp³-hybridized carbons (Fsp3) is 0.500. The molecule has 1 aromatic rings. The van der Waals surface area contributed by atoms with Gasteiger partial charge in [0.1, 0.15) is 0 Å². The van der Waals surface area contributed by atoms with Crippen molar-refractivity contribution in [1.29, 1.82) is 0 Å². The summed E-state index contributed by atoms with van der Waals surface area (Å²) in [5.41, 5.74) is 7.09. The van der Waals surface area contributed by atoms with E-state index >= 15 is 0 Å². The van der Waals surface area contributed by atoms with Gasteiger partial charge in [-0.25, -0.2) is 0 Å². The second kappa shape index (κ2) is 5.82. The number of nitrogens with zero attached hydrogens (tertiary/aromatic N) is 2. The van der Waals surface area contributed by atoms with Gasteiger partial charge in [0.25, 0.3) is 0 Å². The number of hydrogen-bond acceptors (Lipinski definition) is 5. The molecule has 0 amide bonds. The van der Waals surface area contributed by atoms with Gasteiger partial charge in [-0.3, -0.25) is 4.99 Å². The van der Waals surface area contributed by atoms with E-state index in [1.165, 1.54) is 0 Å². The molecule has 1 aliphatic heterocycles. The van der Waals surface area contributed by atoms with Crippen molar-refractivity contribution < 1.29 is 9.47 Å². The molecule has 0 saturated heterocycles. The molecule has 0 spiro atoms. The maximum absolute atomic E-state index is 5.94. The highest BCUT2D eigenvalue weighted by atomic mass is 16.5. The molecule has 2 rings (SSSR count). The molecule has 5 nitrogen and oxygen atoms in total. The zero-order chi connectivity index (χ0) is 13.8. The lowest BCUT2D eigenvalue weighted by molar-refractivity contribution is 0.338. The first kappa shape index (κ1) is 13.5. The molecule has 5 heteroatoms. The van der Waals surface area contributed by atoms with Gasteiger partial charge >= 0.3 is 0 Å². The normalized spacial score (nSPS) is 18.4. The van der Waals surface area contributed by atoms with E-state index in [4.69, 9.17) is 15.2 Å². The van der Waals surface area contributed by atoms with E-state index in [0.717, 1.165) is 30.0 Å². The Hall–Kier alpha value is -1.91. The third-order valence-electron chi connectivity index (χ3n) is 3.35. The Bertz CT molecular complexity index is 474. The zero-order valence-corrected chi connectivity index (χ0v) is 11.7. The number of guanidine groups is 1. The summed E-state index contributed by atoms with van der Waals surface area (Å²) in [7, 11) is 3.28. The van der Waals surface area contributed by atoms with Gasteiger partial charge in [-0.05, 0) is 24.1 Å². The van der Waals surface area contributed by atoms with Crippen molar-refractivity contribution in [1.82, 2.24) is 4.90 Å². The fourth-order valence-corrected chi connectivity index (χ4v) is 2.39. The van der Waals surface area contributed by atoms with E-state index in [9.17, 15) is 0 Å². The topological polar surface area (TPSA) is 60.1 Å². The van der Waals surface area contributed by atoms with Crippen LogP contribution < -0.4 is 15.2 Å². The first-order valence-electron chi connectivity index (χ1n) is 6.49. The third kappa shape index (κ3) is 2.59. The minimum atomic E-state index is 0.194. The van der Waals surface area contributed by atoms with Gasteiger partial charge in [0.05, 0.1) is 26.8 Å². The number of aliphatic imine (C=N–C) groups is 1. The van der Waals surface area contributed by atoms with E-state index < -0.39 is 0 Å². The molecule has 0 aliphatic carbocycles. The maximum Gasteiger partial charge on any atom is 0.191 e. The minimum Gasteiger partial charge on any atom is -0.493 e. The quantitative estimate of drug-likeness (QED) is 0.879. The number of rotatable bonds is 5. The Morgan fingerprint density at radius 3 is 2.68 bits per heavy atom. The summed E-state index contributed by atoms with van der Waals surface area (Å²) in [5.74, 6) is 2.10. The molecule has 0 aromatic heterocycles. The number of ether oxygens (including phenoxy) is 2. The average Bonchev–Trinajstić information content (AvgIpc) is 2.80. The van der Waals surface area contributed by atoms with Gasteiger partial charge in [0, 0.05) is 6.54 Å². The molecule has 1 atom stereocenters. The van der Waals surface area contributed by atoms with Gasteiger partial charge in [0.2, 0.25) is 0 Å². The Balaban J connectivity index is 2.27. The van der Waals surface area contributed by atoms with E-state index in [0.29, 0.717) is 12.5 Å². The van der Waals surface area contributed by atoms with Crippen LogP contribution in [0.15, 0.2) is 23.2 Å². The smallest absolute Gasteiger partial charge is 0.191 e. The molecule has 0 saturated carbocycles. The molecular formula is C14H21N3O2. The van der Waals surface area contributed by atoms with Crippen molar-refractivity contribution in [2.75, 3.05) is 27.3 Å². The van der Waals surface area contributed by atoms with Crippen LogP contribution in [-0.2, 0) is 0 Å². The van der Waals surface area contributed by atoms with Crippen LogP contribution in [0.1, 0.15) is 24.9 Å². The van der Waals surface area contributed by atoms with E-state index in [-0.39, 0.29) is 6.04 Å². The zero-order valence-electron chi connectivity index (χ0n) is 11.7. The molecule has 104 valence electrons. The van der Waals surface area contributed by atoms with Crippen molar-refractivity contribution in [3.63, 3.8) is 0 Å². The van der Waals surface area contributed by atoms with Crippen LogP contribution >= 0.6 is 0 Å². The largest absolute Gasteiger partial charge is 0.493 e. The van der Waals surface area contributed by atoms with Gasteiger partial charge in [-0.15, -0.1) is 0 Å². The molecule has 0 fully saturated rings. The second-order valence-corrected chi connectivity index (χ2v) is 4.52. The maximum atomic E-state index is 5.94. The summed E-state index contributed by atoms with van der Waals surface area (Å²) in [6.07, 6.45) is 1.04. The summed E-state index contributed by atoms with van der Waals surface area (Å²) in [4.78, 5) is 6.48. The molecular weight excluding hydrogens is 242 g/mol. The summed E-state index contributed by atoms with van der Waals surface area (Å²) in [6, 6.07) is 6.16. The summed E-state index contributed by atoms with van der Waals surface area (Å²) < 4.78 is 10.6. The lowest BCUT2D eigenvalue weighted by atomic mass is 10.1. The lowest BCUT2D eigenvalue weighted by Gasteiger charge is -2.26. The summed E-state index contributed by atoms with van der Waals surface area (Å²) in [5, 5.41) is 0. The Labute approximate surface area is 114 Å². The van der Waals surface area contributed by atoms with Crippen LogP contribution in [-0.4, -0.2) is 38.2 Å². The third-order valence-corrected chi connectivity index (χ3v) is 3.35. The summed E-state index contributed by atoms with van der Waals surface area (Å²) >= 11 is 0. The molecule has 1 unspecified atom stereocenters. The van der Waals surface area contributed by atoms with E-state index in [1.54, 1.807) is 14.2 Å². The van der Waals surface area contributed by atoms with Gasteiger partial charge < -0.3 is 20.1 Å². The Morgan fingerprint density at radius 1 is 1.32 bits per heavy atom. The highest BCUT2D eigenvalue weighted by Gasteiger charge is 2.27. The Morgan fingerprint density at radius 2 is 2.05 bits per heavy atom. The highest BCUT2D eigenvalue weighted by Crippen LogP contribution is 2.33. The fourth-order valence-electron chi connectivity index (χ4n) is 2.39. The van der Waals surface area contributed by atoms with Crippen LogP contribution in [0, 0.1) is 0 Å². The monoisotopic (exact) mass is 263 g/mol. The first-order chi connectivity index (χ1) is 9.21. The van der Waals surface area contributed by atoms with Gasteiger partial charge in [-0.1, -0.05) is 13.0 Å². The summed E-state index contributed by atoms with van der Waals surface area (Å²) in [6.45, 7) is 3.74. The predicted molar refractivity (Wildman–Crippen MR) is 75.8 cm³/mol. The van der Waals surface area contributed by atoms with Crippen LogP contribution in [0.2, 0.25) is 0 Å². The number of methoxy groups -OCH3 is 2. The SMILES string of the molecule is CCCN1C(N)=NCC1c1ccc(OC)c(OC)c1. The van der Waals surface area contributed by atoms with Crippen molar-refractivity contribution >= 4 is 5.96 Å². The first-order valence-corrected chi connectivity index (χ1v) is 6.49. The van der Waals surface area contributed by atoms with E-state index in [2.05, 4.69) is 16.8 Å². The van der Waals surface area contributed by atoms with Crippen molar-refractivity contribution in [2.45, 2.75) is 19.4 Å². The number of nitrogens with two attached hydrogens (primary N) is 1. The van der Waals surface area contributed by atoms with Gasteiger partial charge in [-0.2, -0.15) is 0 Å². The van der Waals surface area contributed by atoms with Crippen LogP contribution in [0.4, 0.5) is 0 Å². The number of benzene rings is 1. The average molecular weight is 263 g/mol. The van der Waals surface area contributed by atoms with Crippen molar-refractivity contribution in [2.24, 2.45) is 10.7 Å². The van der Waals surface area contributed by atoms with Crippen molar-refractivity contribution in [3.05, 3.63) is 23.8 Å². The van der Waals surface area contributed by atoms with Crippen LogP contribution in [0.25, 0.3) is 0 Å². The predicted octanol–water partition coefficient (Wildman–Crippen LogP) is 1.79. The van der Waals surface area contributed by atoms with Crippen molar-refractivity contribution in [3.8, 4) is 11.5 Å².